The number of pyridine rings is 1. The maximum Gasteiger partial charge on any atom is 0.453 e. The van der Waals surface area contributed by atoms with Gasteiger partial charge in [-0.3, -0.25) is 4.79 Å². The van der Waals surface area contributed by atoms with Gasteiger partial charge in [-0.15, -0.1) is 5.10 Å². The Morgan fingerprint density at radius 3 is 2.72 bits per heavy atom. The Morgan fingerprint density at radius 2 is 2.08 bits per heavy atom. The topological polar surface area (TPSA) is 91.4 Å². The number of alkyl halides is 3. The van der Waals surface area contributed by atoms with Gasteiger partial charge in [0, 0.05) is 6.20 Å². The summed E-state index contributed by atoms with van der Waals surface area (Å²) in [5.74, 6) is -1.19. The molecule has 0 spiro atoms. The molecule has 3 rings (SSSR count). The zero-order chi connectivity index (χ0) is 18.2. The summed E-state index contributed by atoms with van der Waals surface area (Å²) in [6, 6.07) is 4.29. The van der Waals surface area contributed by atoms with E-state index in [9.17, 15) is 18.0 Å². The van der Waals surface area contributed by atoms with Gasteiger partial charge in [0.2, 0.25) is 0 Å². The molecule has 8 nitrogen and oxygen atoms in total. The van der Waals surface area contributed by atoms with E-state index in [1.807, 2.05) is 0 Å². The van der Waals surface area contributed by atoms with E-state index in [4.69, 9.17) is 23.2 Å². The van der Waals surface area contributed by atoms with Crippen molar-refractivity contribution in [3.8, 4) is 5.82 Å². The lowest BCUT2D eigenvalue weighted by atomic mass is 10.3. The Kier molecular flexibility index (Phi) is 4.43. The summed E-state index contributed by atoms with van der Waals surface area (Å²) in [5.41, 5.74) is -0.0533. The molecular weight excluding hydrogens is 386 g/mol. The lowest BCUT2D eigenvalue weighted by Crippen LogP contribution is -2.17. The molecule has 3 heterocycles. The van der Waals surface area contributed by atoms with Gasteiger partial charge in [-0.2, -0.15) is 18.3 Å². The van der Waals surface area contributed by atoms with E-state index in [0.717, 1.165) is 4.68 Å². The van der Waals surface area contributed by atoms with E-state index in [-0.39, 0.29) is 22.2 Å². The molecular formula is C12H6Cl2F3N7O. The van der Waals surface area contributed by atoms with Crippen molar-refractivity contribution in [2.24, 2.45) is 0 Å². The standard InChI is InChI=1S/C12H6Cl2F3N7O/c13-7-2-1-3-18-10(7)24-8(9(14)25)4-6(20-24)5-23-11(12(15,16)17)19-21-22-23/h1-4H,5H2. The predicted molar refractivity (Wildman–Crippen MR) is 78.5 cm³/mol. The number of halogens is 5. The van der Waals surface area contributed by atoms with Crippen LogP contribution in [0.4, 0.5) is 13.2 Å². The number of carbonyl (C=O) groups excluding carboxylic acids is 1. The van der Waals surface area contributed by atoms with Gasteiger partial charge in [-0.05, 0) is 40.2 Å². The van der Waals surface area contributed by atoms with E-state index in [1.54, 1.807) is 6.07 Å². The van der Waals surface area contributed by atoms with Gasteiger partial charge in [-0.25, -0.2) is 14.3 Å². The molecule has 0 aliphatic heterocycles. The number of nitrogens with zero attached hydrogens (tertiary/aromatic N) is 7. The van der Waals surface area contributed by atoms with Crippen LogP contribution in [0.2, 0.25) is 5.02 Å². The average molecular weight is 392 g/mol. The molecule has 3 aromatic heterocycles. The summed E-state index contributed by atoms with van der Waals surface area (Å²) in [4.78, 5) is 15.6. The van der Waals surface area contributed by atoms with Gasteiger partial charge >= 0.3 is 6.18 Å². The Hall–Kier alpha value is -2.53. The molecule has 13 heteroatoms. The third-order valence-electron chi connectivity index (χ3n) is 3.00. The van der Waals surface area contributed by atoms with Gasteiger partial charge in [0.1, 0.15) is 5.69 Å². The Labute approximate surface area is 147 Å². The molecule has 0 amide bonds. The number of rotatable bonds is 4. The second-order valence-corrected chi connectivity index (χ2v) is 5.42. The van der Waals surface area contributed by atoms with Crippen LogP contribution in [0.15, 0.2) is 24.4 Å². The van der Waals surface area contributed by atoms with Crippen LogP contribution in [0, 0.1) is 0 Å². The summed E-state index contributed by atoms with van der Waals surface area (Å²) >= 11 is 11.5. The monoisotopic (exact) mass is 391 g/mol. The minimum absolute atomic E-state index is 0.0588. The number of tetrazole rings is 1. The van der Waals surface area contributed by atoms with Crippen LogP contribution >= 0.6 is 23.2 Å². The Balaban J connectivity index is 2.03. The summed E-state index contributed by atoms with van der Waals surface area (Å²) in [5, 5.41) is 12.6. The van der Waals surface area contributed by atoms with Gasteiger partial charge in [0.05, 0.1) is 17.3 Å². The first-order chi connectivity index (χ1) is 11.8. The zero-order valence-corrected chi connectivity index (χ0v) is 13.5. The van der Waals surface area contributed by atoms with E-state index in [0.29, 0.717) is 4.68 Å². The Morgan fingerprint density at radius 1 is 1.32 bits per heavy atom. The molecule has 0 saturated heterocycles. The van der Waals surface area contributed by atoms with E-state index in [1.165, 1.54) is 18.3 Å². The highest BCUT2D eigenvalue weighted by Crippen LogP contribution is 2.27. The second-order valence-electron chi connectivity index (χ2n) is 4.67. The van der Waals surface area contributed by atoms with E-state index in [2.05, 4.69) is 25.6 Å². The zero-order valence-electron chi connectivity index (χ0n) is 11.9. The molecule has 0 aliphatic carbocycles. The molecule has 0 unspecified atom stereocenters. The lowest BCUT2D eigenvalue weighted by Gasteiger charge is -2.06. The van der Waals surface area contributed by atoms with Gasteiger partial charge in [0.25, 0.3) is 11.1 Å². The molecule has 3 aromatic rings. The van der Waals surface area contributed by atoms with Gasteiger partial charge in [-0.1, -0.05) is 11.6 Å². The first-order valence-electron chi connectivity index (χ1n) is 6.50. The fourth-order valence-corrected chi connectivity index (χ4v) is 2.35. The molecule has 0 N–H and O–H groups in total. The van der Waals surface area contributed by atoms with Crippen LogP contribution in [0.25, 0.3) is 5.82 Å². The summed E-state index contributed by atoms with van der Waals surface area (Å²) in [7, 11) is 0. The van der Waals surface area contributed by atoms with Crippen molar-refractivity contribution in [3.05, 3.63) is 46.6 Å². The highest BCUT2D eigenvalue weighted by atomic mass is 35.5. The molecule has 0 saturated carbocycles. The van der Waals surface area contributed by atoms with Crippen LogP contribution in [-0.4, -0.2) is 40.2 Å². The summed E-state index contributed by atoms with van der Waals surface area (Å²) in [6.45, 7) is -0.434. The van der Waals surface area contributed by atoms with Crippen molar-refractivity contribution in [1.29, 1.82) is 0 Å². The van der Waals surface area contributed by atoms with Crippen LogP contribution in [0.5, 0.6) is 0 Å². The average Bonchev–Trinajstić information content (AvgIpc) is 3.14. The van der Waals surface area contributed by atoms with Crippen LogP contribution in [0.1, 0.15) is 22.0 Å². The number of hydrogen-bond acceptors (Lipinski definition) is 6. The summed E-state index contributed by atoms with van der Waals surface area (Å²) in [6.07, 6.45) is -3.32. The van der Waals surface area contributed by atoms with Crippen molar-refractivity contribution >= 4 is 28.4 Å². The van der Waals surface area contributed by atoms with Crippen molar-refractivity contribution < 1.29 is 18.0 Å². The van der Waals surface area contributed by atoms with Crippen LogP contribution in [-0.2, 0) is 12.7 Å². The van der Waals surface area contributed by atoms with E-state index < -0.39 is 23.8 Å². The first-order valence-corrected chi connectivity index (χ1v) is 7.26. The Bertz CT molecular complexity index is 937. The second kappa shape index (κ2) is 6.41. The largest absolute Gasteiger partial charge is 0.453 e. The minimum Gasteiger partial charge on any atom is -0.274 e. The SMILES string of the molecule is O=C(Cl)c1cc(Cn2nnnc2C(F)(F)F)nn1-c1ncccc1Cl. The normalized spacial score (nSPS) is 11.7. The van der Waals surface area contributed by atoms with Crippen molar-refractivity contribution in [2.45, 2.75) is 12.7 Å². The smallest absolute Gasteiger partial charge is 0.274 e. The van der Waals surface area contributed by atoms with Crippen molar-refractivity contribution in [3.63, 3.8) is 0 Å². The number of carbonyl (C=O) groups is 1. The fourth-order valence-electron chi connectivity index (χ4n) is 2.01. The molecule has 0 fully saturated rings. The van der Waals surface area contributed by atoms with Crippen molar-refractivity contribution in [2.75, 3.05) is 0 Å². The van der Waals surface area contributed by atoms with Gasteiger partial charge < -0.3 is 0 Å². The molecule has 0 bridgehead atoms. The summed E-state index contributed by atoms with van der Waals surface area (Å²) < 4.78 is 40.0. The van der Waals surface area contributed by atoms with Crippen molar-refractivity contribution in [1.82, 2.24) is 35.0 Å². The highest BCUT2D eigenvalue weighted by Gasteiger charge is 2.38. The minimum atomic E-state index is -4.73. The predicted octanol–water partition coefficient (Wildman–Crippen LogP) is 2.35. The quantitative estimate of drug-likeness (QED) is 0.634. The molecule has 0 atom stereocenters. The first kappa shape index (κ1) is 17.3. The lowest BCUT2D eigenvalue weighted by molar-refractivity contribution is -0.147. The third-order valence-corrected chi connectivity index (χ3v) is 3.49. The van der Waals surface area contributed by atoms with Crippen LogP contribution < -0.4 is 0 Å². The maximum atomic E-state index is 12.8. The number of hydrogen-bond donors (Lipinski definition) is 0. The molecule has 0 radical (unpaired) electrons. The number of aromatic nitrogens is 7. The molecule has 0 aromatic carbocycles. The third kappa shape index (κ3) is 3.46. The molecule has 0 aliphatic rings. The fraction of sp³-hybridized carbons (Fsp3) is 0.167. The van der Waals surface area contributed by atoms with Crippen LogP contribution in [0.3, 0.4) is 0 Å². The van der Waals surface area contributed by atoms with Gasteiger partial charge in [0.15, 0.2) is 5.82 Å². The maximum absolute atomic E-state index is 12.8. The highest BCUT2D eigenvalue weighted by molar-refractivity contribution is 6.67. The van der Waals surface area contributed by atoms with E-state index >= 15 is 0 Å². The molecule has 25 heavy (non-hydrogen) atoms. The molecule has 130 valence electrons.